The van der Waals surface area contributed by atoms with Crippen molar-refractivity contribution < 1.29 is 5.94 Å². The van der Waals surface area contributed by atoms with Crippen LogP contribution in [-0.4, -0.2) is 4.57 Å². The fourth-order valence-electron chi connectivity index (χ4n) is 4.71. The lowest BCUT2D eigenvalue weighted by Gasteiger charge is -2.13. The Morgan fingerprint density at radius 3 is 2.35 bits per heavy atom. The summed E-state index contributed by atoms with van der Waals surface area (Å²) in [5.41, 5.74) is 5.19. The number of benzene rings is 1. The smallest absolute Gasteiger partial charge is 0.230 e. The summed E-state index contributed by atoms with van der Waals surface area (Å²) in [4.78, 5) is 0. The lowest BCUT2D eigenvalue weighted by molar-refractivity contribution is -0.602. The molecule has 0 saturated heterocycles. The third kappa shape index (κ3) is 2.62. The molecule has 0 radical (unpaired) electrons. The number of para-hydroxylation sites is 1. The molecular weight excluding hydrogens is 280 g/mol. The minimum atomic E-state index is 0.539. The van der Waals surface area contributed by atoms with E-state index in [1.165, 1.54) is 74.0 Å². The van der Waals surface area contributed by atoms with Gasteiger partial charge in [0.05, 0.1) is 0 Å². The third-order valence-electron chi connectivity index (χ3n) is 5.96. The molecule has 2 aromatic rings. The molecule has 2 aliphatic rings. The summed E-state index contributed by atoms with van der Waals surface area (Å²) in [6.45, 7) is 4.40. The van der Waals surface area contributed by atoms with E-state index in [1.54, 1.807) is 0 Å². The number of aryl methyl sites for hydroxylation is 1. The van der Waals surface area contributed by atoms with Gasteiger partial charge in [0.25, 0.3) is 0 Å². The summed E-state index contributed by atoms with van der Waals surface area (Å²) in [5, 5.41) is 0. The second kappa shape index (κ2) is 6.14. The van der Waals surface area contributed by atoms with Gasteiger partial charge in [-0.1, -0.05) is 31.0 Å². The van der Waals surface area contributed by atoms with Gasteiger partial charge in [0, 0.05) is 12.8 Å². The first-order chi connectivity index (χ1) is 11.7. The van der Waals surface area contributed by atoms with Gasteiger partial charge in [-0.3, -0.25) is 0 Å². The van der Waals surface area contributed by atoms with Crippen LogP contribution in [0.4, 0.5) is 0 Å². The summed E-state index contributed by atoms with van der Waals surface area (Å²) in [6.07, 6.45) is 11.1. The van der Waals surface area contributed by atoms with E-state index in [4.69, 9.17) is 1.37 Å². The van der Waals surface area contributed by atoms with E-state index in [1.807, 2.05) is 0 Å². The van der Waals surface area contributed by atoms with Gasteiger partial charge in [-0.25, -0.2) is 4.57 Å². The Bertz CT molecular complexity index is 695. The van der Waals surface area contributed by atoms with Crippen LogP contribution in [0.3, 0.4) is 0 Å². The Labute approximate surface area is 141 Å². The second-order valence-corrected chi connectivity index (χ2v) is 7.48. The van der Waals surface area contributed by atoms with Crippen LogP contribution in [0.15, 0.2) is 30.6 Å². The predicted molar refractivity (Wildman–Crippen MR) is 94.2 cm³/mol. The topological polar surface area (TPSA) is 8.81 Å². The zero-order valence-electron chi connectivity index (χ0n) is 15.5. The van der Waals surface area contributed by atoms with Gasteiger partial charge in [-0.05, 0) is 57.1 Å². The van der Waals surface area contributed by atoms with Crippen molar-refractivity contribution in [1.82, 2.24) is 4.57 Å². The number of nitrogens with zero attached hydrogens (tertiary/aromatic N) is 2. The third-order valence-corrected chi connectivity index (χ3v) is 5.96. The van der Waals surface area contributed by atoms with Crippen LogP contribution in [0.1, 0.15) is 81.6 Å². The SMILES string of the molecule is [2H]c1n(C2CCCC2)c(C2CCCC2)c(C)[n+]1-c1ccccc1C. The number of hydrogen-bond acceptors (Lipinski definition) is 0. The van der Waals surface area contributed by atoms with Crippen molar-refractivity contribution in [3.8, 4) is 5.69 Å². The first-order valence-corrected chi connectivity index (χ1v) is 9.38. The number of imidazole rings is 1. The molecule has 1 aromatic heterocycles. The highest BCUT2D eigenvalue weighted by Gasteiger charge is 2.34. The first kappa shape index (κ1) is 13.8. The molecule has 2 aliphatic carbocycles. The Kier molecular flexibility index (Phi) is 3.69. The van der Waals surface area contributed by atoms with Crippen molar-refractivity contribution in [2.75, 3.05) is 0 Å². The van der Waals surface area contributed by atoms with E-state index >= 15 is 0 Å². The molecule has 2 nitrogen and oxygen atoms in total. The number of rotatable bonds is 3. The van der Waals surface area contributed by atoms with E-state index in [2.05, 4.69) is 47.2 Å². The number of aromatic nitrogens is 2. The average molecular weight is 310 g/mol. The van der Waals surface area contributed by atoms with Gasteiger partial charge in [0.15, 0.2) is 1.37 Å². The maximum Gasteiger partial charge on any atom is 0.249 e. The lowest BCUT2D eigenvalue weighted by atomic mass is 10.0. The lowest BCUT2D eigenvalue weighted by Crippen LogP contribution is -2.32. The zero-order chi connectivity index (χ0) is 16.7. The first-order valence-electron chi connectivity index (χ1n) is 9.88. The molecule has 0 spiro atoms. The van der Waals surface area contributed by atoms with Gasteiger partial charge < -0.3 is 0 Å². The van der Waals surface area contributed by atoms with Gasteiger partial charge >= 0.3 is 0 Å². The molecule has 0 atom stereocenters. The summed E-state index contributed by atoms with van der Waals surface area (Å²) in [5.74, 6) is 0.653. The molecule has 4 rings (SSSR count). The molecule has 1 heterocycles. The Balaban J connectivity index is 1.91. The van der Waals surface area contributed by atoms with Crippen molar-refractivity contribution in [2.45, 2.75) is 77.2 Å². The van der Waals surface area contributed by atoms with Crippen LogP contribution in [0.25, 0.3) is 5.69 Å². The standard InChI is InChI=1S/C21H29N2/c1-16-9-3-8-14-20(16)22-15-23(19-12-6-7-13-19)21(17(22)2)18-10-4-5-11-18/h3,8-9,14-15,18-19H,4-7,10-13H2,1-2H3/q+1/i15D. The van der Waals surface area contributed by atoms with Crippen molar-refractivity contribution in [3.05, 3.63) is 47.5 Å². The largest absolute Gasteiger partial charge is 0.249 e. The molecule has 0 amide bonds. The number of hydrogen-bond donors (Lipinski definition) is 0. The highest BCUT2D eigenvalue weighted by atomic mass is 15.2. The van der Waals surface area contributed by atoms with Crippen LogP contribution in [-0.2, 0) is 0 Å². The normalized spacial score (nSPS) is 20.3. The molecule has 0 N–H and O–H groups in total. The van der Waals surface area contributed by atoms with E-state index in [0.717, 1.165) is 0 Å². The summed E-state index contributed by atoms with van der Waals surface area (Å²) in [6, 6.07) is 9.04. The van der Waals surface area contributed by atoms with Gasteiger partial charge in [0.1, 0.15) is 23.1 Å². The molecule has 122 valence electrons. The van der Waals surface area contributed by atoms with Crippen LogP contribution in [0.5, 0.6) is 0 Å². The van der Waals surface area contributed by atoms with Crippen molar-refractivity contribution in [2.24, 2.45) is 0 Å². The molecule has 0 bridgehead atoms. The monoisotopic (exact) mass is 310 g/mol. The highest BCUT2D eigenvalue weighted by molar-refractivity contribution is 5.33. The van der Waals surface area contributed by atoms with E-state index in [0.29, 0.717) is 18.3 Å². The van der Waals surface area contributed by atoms with Crippen LogP contribution in [0.2, 0.25) is 0 Å². The van der Waals surface area contributed by atoms with Crippen molar-refractivity contribution in [3.63, 3.8) is 0 Å². The molecule has 1 aromatic carbocycles. The zero-order valence-corrected chi connectivity index (χ0v) is 14.5. The Hall–Kier alpha value is -1.57. The van der Waals surface area contributed by atoms with Gasteiger partial charge in [-0.2, -0.15) is 4.57 Å². The predicted octanol–water partition coefficient (Wildman–Crippen LogP) is 5.15. The average Bonchev–Trinajstić information content (AvgIpc) is 3.30. The quantitative estimate of drug-likeness (QED) is 0.693. The molecule has 2 saturated carbocycles. The minimum absolute atomic E-state index is 0.539. The van der Waals surface area contributed by atoms with E-state index in [-0.39, 0.29) is 0 Å². The summed E-state index contributed by atoms with van der Waals surface area (Å²) < 4.78 is 13.6. The Morgan fingerprint density at radius 1 is 1.00 bits per heavy atom. The fraction of sp³-hybridized carbons (Fsp3) is 0.571. The van der Waals surface area contributed by atoms with Crippen LogP contribution < -0.4 is 4.57 Å². The summed E-state index contributed by atoms with van der Waals surface area (Å²) >= 11 is 0. The van der Waals surface area contributed by atoms with Crippen LogP contribution >= 0.6 is 0 Å². The molecule has 0 aliphatic heterocycles. The van der Waals surface area contributed by atoms with E-state index in [9.17, 15) is 0 Å². The van der Waals surface area contributed by atoms with Crippen molar-refractivity contribution in [1.29, 1.82) is 0 Å². The fourth-order valence-corrected chi connectivity index (χ4v) is 4.71. The van der Waals surface area contributed by atoms with Gasteiger partial charge in [0.2, 0.25) is 6.30 Å². The Morgan fingerprint density at radius 2 is 1.65 bits per heavy atom. The maximum atomic E-state index is 9.00. The summed E-state index contributed by atoms with van der Waals surface area (Å²) in [7, 11) is 0. The maximum absolute atomic E-state index is 9.00. The molecular formula is C21H29N2+. The second-order valence-electron chi connectivity index (χ2n) is 7.48. The molecule has 0 unspecified atom stereocenters. The van der Waals surface area contributed by atoms with Gasteiger partial charge in [-0.15, -0.1) is 0 Å². The van der Waals surface area contributed by atoms with Crippen molar-refractivity contribution >= 4 is 0 Å². The molecule has 23 heavy (non-hydrogen) atoms. The minimum Gasteiger partial charge on any atom is -0.230 e. The molecule has 2 heteroatoms. The highest BCUT2D eigenvalue weighted by Crippen LogP contribution is 2.39. The van der Waals surface area contributed by atoms with E-state index < -0.39 is 0 Å². The van der Waals surface area contributed by atoms with Crippen LogP contribution in [0, 0.1) is 13.8 Å². The molecule has 2 fully saturated rings.